The summed E-state index contributed by atoms with van der Waals surface area (Å²) in [5.41, 5.74) is 2.79. The minimum absolute atomic E-state index is 0.0563. The number of benzene rings is 2. The maximum absolute atomic E-state index is 12.2. The van der Waals surface area contributed by atoms with Crippen molar-refractivity contribution in [2.45, 2.75) is 13.0 Å². The van der Waals surface area contributed by atoms with E-state index in [9.17, 15) is 9.90 Å². The number of ether oxygens (including phenoxy) is 3. The molecule has 0 aromatic heterocycles. The Kier molecular flexibility index (Phi) is 5.62. The van der Waals surface area contributed by atoms with Gasteiger partial charge >= 0.3 is 0 Å². The van der Waals surface area contributed by atoms with Crippen molar-refractivity contribution in [1.29, 1.82) is 0 Å². The van der Waals surface area contributed by atoms with Crippen LogP contribution in [0.25, 0.3) is 0 Å². The Morgan fingerprint density at radius 3 is 2.96 bits per heavy atom. The Labute approximate surface area is 158 Å². The van der Waals surface area contributed by atoms with E-state index in [1.165, 1.54) is 6.21 Å². The summed E-state index contributed by atoms with van der Waals surface area (Å²) in [5, 5.41) is 14.1. The highest BCUT2D eigenvalue weighted by Crippen LogP contribution is 2.33. The second-order valence-corrected chi connectivity index (χ2v) is 6.29. The number of fused-ring (bicyclic) bond motifs is 1. The van der Waals surface area contributed by atoms with Crippen molar-refractivity contribution in [2.24, 2.45) is 5.10 Å². The molecule has 1 aliphatic heterocycles. The quantitative estimate of drug-likeness (QED) is 0.573. The van der Waals surface area contributed by atoms with Crippen molar-refractivity contribution in [1.82, 2.24) is 5.43 Å². The molecular formula is C18H17BrN2O5. The van der Waals surface area contributed by atoms with Gasteiger partial charge in [0.05, 0.1) is 12.8 Å². The first-order valence-corrected chi connectivity index (χ1v) is 8.74. The lowest BCUT2D eigenvalue weighted by atomic mass is 10.2. The number of phenols is 1. The lowest BCUT2D eigenvalue weighted by Crippen LogP contribution is -2.42. The van der Waals surface area contributed by atoms with Crippen molar-refractivity contribution in [3.63, 3.8) is 0 Å². The van der Waals surface area contributed by atoms with Crippen LogP contribution in [0.5, 0.6) is 23.0 Å². The molecule has 2 aromatic carbocycles. The monoisotopic (exact) mass is 420 g/mol. The number of carbonyl (C=O) groups excluding carboxylic acids is 1. The van der Waals surface area contributed by atoms with Crippen molar-refractivity contribution in [3.8, 4) is 23.0 Å². The maximum atomic E-state index is 12.2. The third-order valence-electron chi connectivity index (χ3n) is 3.55. The Morgan fingerprint density at radius 2 is 2.19 bits per heavy atom. The first-order valence-electron chi connectivity index (χ1n) is 7.95. The SMILES string of the molecule is CCOc1cc(Br)cc(/C=N\NC(=O)[C@@H]2COc3ccccc3O2)c1O. The fourth-order valence-electron chi connectivity index (χ4n) is 2.34. The van der Waals surface area contributed by atoms with Gasteiger partial charge in [-0.05, 0) is 31.2 Å². The number of hydrogen-bond acceptors (Lipinski definition) is 6. The van der Waals surface area contributed by atoms with Gasteiger partial charge in [-0.3, -0.25) is 4.79 Å². The first kappa shape index (κ1) is 18.1. The number of phenolic OH excluding ortho intramolecular Hbond substituents is 1. The number of nitrogens with one attached hydrogen (secondary N) is 1. The summed E-state index contributed by atoms with van der Waals surface area (Å²) in [6.07, 6.45) is 0.523. The van der Waals surface area contributed by atoms with Crippen molar-refractivity contribution >= 4 is 28.1 Å². The van der Waals surface area contributed by atoms with Crippen LogP contribution in [0.2, 0.25) is 0 Å². The third kappa shape index (κ3) is 4.08. The molecule has 2 N–H and O–H groups in total. The molecule has 26 heavy (non-hydrogen) atoms. The normalized spacial score (nSPS) is 15.7. The molecule has 2 aromatic rings. The van der Waals surface area contributed by atoms with Gasteiger partial charge < -0.3 is 19.3 Å². The molecule has 0 unspecified atom stereocenters. The highest BCUT2D eigenvalue weighted by Gasteiger charge is 2.27. The fourth-order valence-corrected chi connectivity index (χ4v) is 2.80. The molecule has 8 heteroatoms. The molecule has 136 valence electrons. The number of rotatable bonds is 5. The number of carbonyl (C=O) groups is 1. The molecule has 1 amide bonds. The van der Waals surface area contributed by atoms with E-state index in [2.05, 4.69) is 26.5 Å². The van der Waals surface area contributed by atoms with E-state index < -0.39 is 12.0 Å². The topological polar surface area (TPSA) is 89.4 Å². The number of hydrazone groups is 1. The predicted molar refractivity (Wildman–Crippen MR) is 99.1 cm³/mol. The lowest BCUT2D eigenvalue weighted by Gasteiger charge is -2.24. The molecule has 0 spiro atoms. The summed E-state index contributed by atoms with van der Waals surface area (Å²) in [7, 11) is 0. The molecule has 7 nitrogen and oxygen atoms in total. The van der Waals surface area contributed by atoms with E-state index in [1.54, 1.807) is 30.3 Å². The lowest BCUT2D eigenvalue weighted by molar-refractivity contribution is -0.130. The van der Waals surface area contributed by atoms with Gasteiger partial charge in [0.1, 0.15) is 6.61 Å². The van der Waals surface area contributed by atoms with E-state index in [-0.39, 0.29) is 12.4 Å². The molecule has 3 rings (SSSR count). The van der Waals surface area contributed by atoms with Crippen LogP contribution in [0.15, 0.2) is 46.0 Å². The van der Waals surface area contributed by atoms with E-state index in [0.29, 0.717) is 33.9 Å². The minimum Gasteiger partial charge on any atom is -0.504 e. The van der Waals surface area contributed by atoms with Crippen LogP contribution < -0.4 is 19.6 Å². The number of para-hydroxylation sites is 2. The van der Waals surface area contributed by atoms with Gasteiger partial charge in [0, 0.05) is 10.0 Å². The minimum atomic E-state index is -0.808. The number of amides is 1. The van der Waals surface area contributed by atoms with Crippen molar-refractivity contribution in [3.05, 3.63) is 46.4 Å². The zero-order chi connectivity index (χ0) is 18.5. The fraction of sp³-hybridized carbons (Fsp3) is 0.222. The Balaban J connectivity index is 1.65. The largest absolute Gasteiger partial charge is 0.504 e. The van der Waals surface area contributed by atoms with Gasteiger partial charge in [0.25, 0.3) is 5.91 Å². The molecule has 0 aliphatic carbocycles. The van der Waals surface area contributed by atoms with E-state index >= 15 is 0 Å². The summed E-state index contributed by atoms with van der Waals surface area (Å²) >= 11 is 3.34. The first-order chi connectivity index (χ1) is 12.6. The standard InChI is InChI=1S/C18H17BrN2O5/c1-2-24-15-8-12(19)7-11(17(15)22)9-20-21-18(23)16-10-25-13-5-3-4-6-14(13)26-16/h3-9,16,22H,2,10H2,1H3,(H,21,23)/b20-9-/t16-/m0/s1. The number of aromatic hydroxyl groups is 1. The molecular weight excluding hydrogens is 404 g/mol. The summed E-state index contributed by atoms with van der Waals surface area (Å²) < 4.78 is 17.2. The summed E-state index contributed by atoms with van der Waals surface area (Å²) in [6, 6.07) is 10.4. The Bertz CT molecular complexity index is 840. The van der Waals surface area contributed by atoms with E-state index in [4.69, 9.17) is 14.2 Å². The Hall–Kier alpha value is -2.74. The summed E-state index contributed by atoms with van der Waals surface area (Å²) in [6.45, 7) is 2.32. The van der Waals surface area contributed by atoms with E-state index in [1.807, 2.05) is 13.0 Å². The van der Waals surface area contributed by atoms with Gasteiger partial charge in [-0.2, -0.15) is 5.10 Å². The zero-order valence-electron chi connectivity index (χ0n) is 13.9. The molecule has 1 aliphatic rings. The molecule has 0 radical (unpaired) electrons. The van der Waals surface area contributed by atoms with Gasteiger partial charge in [-0.15, -0.1) is 0 Å². The van der Waals surface area contributed by atoms with Crippen LogP contribution in [-0.4, -0.2) is 36.5 Å². The van der Waals surface area contributed by atoms with Crippen LogP contribution >= 0.6 is 15.9 Å². The molecule has 0 fully saturated rings. The van der Waals surface area contributed by atoms with Crippen LogP contribution in [-0.2, 0) is 4.79 Å². The number of nitrogens with zero attached hydrogens (tertiary/aromatic N) is 1. The second kappa shape index (κ2) is 8.09. The summed E-state index contributed by atoms with van der Waals surface area (Å²) in [5.74, 6) is 0.932. The maximum Gasteiger partial charge on any atom is 0.284 e. The van der Waals surface area contributed by atoms with Crippen LogP contribution in [0.1, 0.15) is 12.5 Å². The summed E-state index contributed by atoms with van der Waals surface area (Å²) in [4.78, 5) is 12.2. The second-order valence-electron chi connectivity index (χ2n) is 5.37. The van der Waals surface area contributed by atoms with Gasteiger partial charge in [-0.25, -0.2) is 5.43 Å². The van der Waals surface area contributed by atoms with E-state index in [0.717, 1.165) is 0 Å². The highest BCUT2D eigenvalue weighted by atomic mass is 79.9. The smallest absolute Gasteiger partial charge is 0.284 e. The van der Waals surface area contributed by atoms with Crippen molar-refractivity contribution < 1.29 is 24.1 Å². The molecule has 0 saturated carbocycles. The predicted octanol–water partition coefficient (Wildman–Crippen LogP) is 2.84. The van der Waals surface area contributed by atoms with Gasteiger partial charge in [-0.1, -0.05) is 28.1 Å². The van der Waals surface area contributed by atoms with Crippen LogP contribution in [0.3, 0.4) is 0 Å². The average Bonchev–Trinajstić information content (AvgIpc) is 2.65. The molecule has 0 bridgehead atoms. The molecule has 1 atom stereocenters. The number of halogens is 1. The third-order valence-corrected chi connectivity index (χ3v) is 4.01. The van der Waals surface area contributed by atoms with Crippen LogP contribution in [0.4, 0.5) is 0 Å². The zero-order valence-corrected chi connectivity index (χ0v) is 15.5. The van der Waals surface area contributed by atoms with Crippen molar-refractivity contribution in [2.75, 3.05) is 13.2 Å². The van der Waals surface area contributed by atoms with Gasteiger partial charge in [0.15, 0.2) is 23.0 Å². The molecule has 0 saturated heterocycles. The highest BCUT2D eigenvalue weighted by molar-refractivity contribution is 9.10. The van der Waals surface area contributed by atoms with Gasteiger partial charge in [0.2, 0.25) is 6.10 Å². The van der Waals surface area contributed by atoms with Crippen LogP contribution in [0, 0.1) is 0 Å². The average molecular weight is 421 g/mol. The Morgan fingerprint density at radius 1 is 1.42 bits per heavy atom. The molecule has 1 heterocycles. The number of hydrogen-bond donors (Lipinski definition) is 2.